The number of hydrogen-bond acceptors (Lipinski definition) is 8. The van der Waals surface area contributed by atoms with Crippen LogP contribution in [0.3, 0.4) is 0 Å². The van der Waals surface area contributed by atoms with Crippen LogP contribution in [-0.4, -0.2) is 49.3 Å². The van der Waals surface area contributed by atoms with Gasteiger partial charge in [-0.05, 0) is 115 Å². The van der Waals surface area contributed by atoms with Crippen molar-refractivity contribution in [3.05, 3.63) is 108 Å². The van der Waals surface area contributed by atoms with Gasteiger partial charge < -0.3 is 0 Å². The van der Waals surface area contributed by atoms with E-state index in [-0.39, 0.29) is 0 Å². The molecule has 4 saturated carbocycles. The van der Waals surface area contributed by atoms with Crippen molar-refractivity contribution >= 4 is 0 Å². The summed E-state index contributed by atoms with van der Waals surface area (Å²) in [5.41, 5.74) is 4.00. The summed E-state index contributed by atoms with van der Waals surface area (Å²) in [6.07, 6.45) is 25.6. The summed E-state index contributed by atoms with van der Waals surface area (Å²) in [7, 11) is 0. The van der Waals surface area contributed by atoms with Gasteiger partial charge >= 0.3 is 0 Å². The summed E-state index contributed by atoms with van der Waals surface area (Å²) in [5, 5.41) is 33.8. The van der Waals surface area contributed by atoms with Gasteiger partial charge in [0.1, 0.15) is 0 Å². The maximum absolute atomic E-state index is 4.26. The van der Waals surface area contributed by atoms with Crippen molar-refractivity contribution in [2.75, 3.05) is 0 Å². The van der Waals surface area contributed by atoms with Gasteiger partial charge in [-0.25, -0.2) is 0 Å². The molecule has 8 heteroatoms. The lowest BCUT2D eigenvalue weighted by atomic mass is 9.76. The fourth-order valence-corrected chi connectivity index (χ4v) is 14.5. The first-order valence-corrected chi connectivity index (χ1v) is 24.5. The minimum absolute atomic E-state index is 0.309. The first-order chi connectivity index (χ1) is 29.2. The van der Waals surface area contributed by atoms with Crippen LogP contribution in [0.15, 0.2) is 91.0 Å². The van der Waals surface area contributed by atoms with Crippen molar-refractivity contribution in [2.24, 2.45) is 47.3 Å². The second kappa shape index (κ2) is 17.6. The smallest absolute Gasteiger partial charge is 0.0628 e. The topological polar surface area (TPSA) is 96.2 Å². The lowest BCUT2D eigenvalue weighted by Crippen LogP contribution is -2.61. The molecule has 8 atom stereocenters. The summed E-state index contributed by atoms with van der Waals surface area (Å²) in [5.74, 6) is 6.28. The molecule has 8 unspecified atom stereocenters. The molecule has 316 valence electrons. The van der Waals surface area contributed by atoms with Crippen LogP contribution in [0.25, 0.3) is 0 Å². The molecule has 5 aliphatic heterocycles. The monoisotopic (exact) mass is 797 g/mol. The molecule has 5 saturated heterocycles. The Morgan fingerprint density at radius 2 is 0.424 bits per heavy atom. The fourth-order valence-electron chi connectivity index (χ4n) is 14.5. The largest absolute Gasteiger partial charge is 0.286 e. The normalized spacial score (nSPS) is 42.5. The molecule has 0 amide bonds. The van der Waals surface area contributed by atoms with Gasteiger partial charge in [-0.1, -0.05) is 142 Å². The third-order valence-electron chi connectivity index (χ3n) is 17.2. The van der Waals surface area contributed by atoms with Crippen molar-refractivity contribution < 1.29 is 0 Å². The molecule has 8 nitrogen and oxygen atoms in total. The van der Waals surface area contributed by atoms with E-state index in [1.54, 1.807) is 0 Å². The van der Waals surface area contributed by atoms with E-state index < -0.39 is 0 Å². The van der Waals surface area contributed by atoms with Crippen LogP contribution in [0.2, 0.25) is 0 Å². The Bertz CT molecular complexity index is 1490. The van der Waals surface area contributed by atoms with Crippen molar-refractivity contribution in [1.82, 2.24) is 42.5 Å². The first-order valence-electron chi connectivity index (χ1n) is 24.5. The van der Waals surface area contributed by atoms with E-state index in [0.29, 0.717) is 55.2 Å². The van der Waals surface area contributed by atoms with Gasteiger partial charge in [-0.3, -0.25) is 42.5 Å². The highest BCUT2D eigenvalue weighted by Crippen LogP contribution is 2.45. The van der Waals surface area contributed by atoms with Crippen LogP contribution in [0.1, 0.15) is 125 Å². The van der Waals surface area contributed by atoms with Gasteiger partial charge in [0, 0.05) is 5.92 Å². The van der Waals surface area contributed by atoms with Gasteiger partial charge in [0.15, 0.2) is 0 Å². The third kappa shape index (κ3) is 7.88. The quantitative estimate of drug-likeness (QED) is 0.130. The van der Waals surface area contributed by atoms with E-state index in [4.69, 9.17) is 0 Å². The van der Waals surface area contributed by atoms with Crippen LogP contribution < -0.4 is 42.5 Å². The summed E-state index contributed by atoms with van der Waals surface area (Å²) >= 11 is 0. The molecule has 5 heterocycles. The molecule has 9 fully saturated rings. The molecule has 12 rings (SSSR count). The molecule has 9 aliphatic rings. The summed E-state index contributed by atoms with van der Waals surface area (Å²) in [6, 6.07) is 32.0. The zero-order valence-corrected chi connectivity index (χ0v) is 35.3. The average Bonchev–Trinajstić information content (AvgIpc) is 4.04. The standard InChI is InChI=1S/C32H56N8.C19H16/c1-2-10-18-17(9-1)25-33-26(18)38-28-21-13-5-6-14-22(21)30(35-28)40-32-24-16-8-7-15-23(24)31(36-32)39-29-20-12-4-3-11-19(20)27(34-29)37-25;1-4-10-16(11-5-1)19(17-12-6-2-7-13-17)18-14-8-3-9-15-18/h17-40H,1-16H2;1-15,19H. The van der Waals surface area contributed by atoms with Crippen LogP contribution in [0.4, 0.5) is 0 Å². The number of rotatable bonds is 3. The van der Waals surface area contributed by atoms with E-state index in [9.17, 15) is 0 Å². The van der Waals surface area contributed by atoms with E-state index in [1.807, 2.05) is 0 Å². The van der Waals surface area contributed by atoms with Gasteiger partial charge in [0.05, 0.1) is 49.3 Å². The molecular formula is C51H72N8. The predicted octanol–water partition coefficient (Wildman–Crippen LogP) is 7.47. The van der Waals surface area contributed by atoms with Gasteiger partial charge in [0.25, 0.3) is 0 Å². The van der Waals surface area contributed by atoms with Crippen LogP contribution in [0.5, 0.6) is 0 Å². The lowest BCUT2D eigenvalue weighted by molar-refractivity contribution is 0.167. The van der Waals surface area contributed by atoms with Crippen molar-refractivity contribution in [3.8, 4) is 0 Å². The number of nitrogens with one attached hydrogen (secondary N) is 8. The van der Waals surface area contributed by atoms with Crippen LogP contribution in [0, 0.1) is 47.3 Å². The minimum atomic E-state index is 0.309. The molecular weight excluding hydrogens is 725 g/mol. The van der Waals surface area contributed by atoms with Crippen molar-refractivity contribution in [2.45, 2.75) is 158 Å². The molecule has 0 radical (unpaired) electrons. The number of benzene rings is 3. The van der Waals surface area contributed by atoms with Crippen molar-refractivity contribution in [1.29, 1.82) is 0 Å². The second-order valence-corrected chi connectivity index (χ2v) is 20.3. The van der Waals surface area contributed by atoms with Gasteiger partial charge in [-0.15, -0.1) is 0 Å². The Kier molecular flexibility index (Phi) is 11.7. The molecule has 0 aromatic heterocycles. The second-order valence-electron chi connectivity index (χ2n) is 20.3. The Morgan fingerprint density at radius 1 is 0.254 bits per heavy atom. The van der Waals surface area contributed by atoms with E-state index in [1.165, 1.54) is 119 Å². The number of fused-ring (bicyclic) bond motifs is 20. The Labute approximate surface area is 354 Å². The fraction of sp³-hybridized carbons (Fsp3) is 0.647. The molecule has 3 aromatic rings. The zero-order chi connectivity index (χ0) is 39.1. The molecule has 4 aliphatic carbocycles. The summed E-state index contributed by atoms with van der Waals surface area (Å²) < 4.78 is 0. The Morgan fingerprint density at radius 3 is 0.593 bits per heavy atom. The molecule has 3 aromatic carbocycles. The van der Waals surface area contributed by atoms with Crippen LogP contribution >= 0.6 is 0 Å². The highest BCUT2D eigenvalue weighted by Gasteiger charge is 2.54. The van der Waals surface area contributed by atoms with E-state index in [2.05, 4.69) is 134 Å². The zero-order valence-electron chi connectivity index (χ0n) is 35.3. The minimum Gasteiger partial charge on any atom is -0.286 e. The summed E-state index contributed by atoms with van der Waals surface area (Å²) in [6.45, 7) is 0. The van der Waals surface area contributed by atoms with Gasteiger partial charge in [-0.2, -0.15) is 0 Å². The lowest BCUT2D eigenvalue weighted by Gasteiger charge is -2.35. The maximum atomic E-state index is 4.26. The highest BCUT2D eigenvalue weighted by molar-refractivity contribution is 5.42. The SMILES string of the molecule is C1CCC2C3NC(NC4NC(NC5NC(NC6NC(N3)C3CCCCC63)C3CCCCC53)C3CCCCC43)C2C1.c1ccc(C(c2ccccc2)c2ccccc2)cc1. The predicted molar refractivity (Wildman–Crippen MR) is 237 cm³/mol. The van der Waals surface area contributed by atoms with Crippen molar-refractivity contribution in [3.63, 3.8) is 0 Å². The molecule has 8 bridgehead atoms. The average molecular weight is 797 g/mol. The molecule has 59 heavy (non-hydrogen) atoms. The Balaban J connectivity index is 0.000000175. The summed E-state index contributed by atoms with van der Waals surface area (Å²) in [4.78, 5) is 0. The Hall–Kier alpha value is -2.66. The van der Waals surface area contributed by atoms with Crippen LogP contribution in [-0.2, 0) is 0 Å². The highest BCUT2D eigenvalue weighted by atomic mass is 15.4. The van der Waals surface area contributed by atoms with Gasteiger partial charge in [0.2, 0.25) is 0 Å². The number of hydrogen-bond donors (Lipinski definition) is 8. The van der Waals surface area contributed by atoms with E-state index in [0.717, 1.165) is 47.3 Å². The third-order valence-corrected chi connectivity index (χ3v) is 17.2. The van der Waals surface area contributed by atoms with E-state index >= 15 is 0 Å². The molecule has 0 spiro atoms. The molecule has 8 N–H and O–H groups in total. The maximum Gasteiger partial charge on any atom is 0.0628 e. The first kappa shape index (κ1) is 39.2.